The zero-order valence-corrected chi connectivity index (χ0v) is 9.09. The quantitative estimate of drug-likeness (QED) is 0.713. The van der Waals surface area contributed by atoms with E-state index in [1.54, 1.807) is 19.1 Å². The summed E-state index contributed by atoms with van der Waals surface area (Å²) < 4.78 is 26.6. The number of rotatable bonds is 1. The second-order valence-electron chi connectivity index (χ2n) is 3.74. The van der Waals surface area contributed by atoms with Gasteiger partial charge in [-0.1, -0.05) is 6.07 Å². The second-order valence-corrected chi connectivity index (χ2v) is 3.74. The number of aromatic nitrogens is 1. The fourth-order valence-electron chi connectivity index (χ4n) is 1.71. The van der Waals surface area contributed by atoms with E-state index >= 15 is 0 Å². The van der Waals surface area contributed by atoms with Crippen molar-refractivity contribution in [3.05, 3.63) is 53.2 Å². The Kier molecular flexibility index (Phi) is 2.69. The molecule has 16 heavy (non-hydrogen) atoms. The first-order valence-corrected chi connectivity index (χ1v) is 4.97. The summed E-state index contributed by atoms with van der Waals surface area (Å²) in [6, 6.07) is 7.55. The molecule has 0 saturated carbocycles. The smallest absolute Gasteiger partial charge is 0.135 e. The number of hydrogen-bond acceptors (Lipinski definition) is 1. The predicted molar refractivity (Wildman–Crippen MR) is 59.1 cm³/mol. The molecule has 0 fully saturated rings. The molecule has 0 saturated heterocycles. The lowest BCUT2D eigenvalue weighted by Gasteiger charge is -2.07. The Morgan fingerprint density at radius 3 is 2.44 bits per heavy atom. The van der Waals surface area contributed by atoms with Crippen LogP contribution in [0.4, 0.5) is 8.78 Å². The molecular weight excluding hydrogens is 208 g/mol. The maximum absolute atomic E-state index is 13.6. The number of pyridine rings is 1. The highest BCUT2D eigenvalue weighted by atomic mass is 19.1. The number of benzene rings is 1. The van der Waals surface area contributed by atoms with Gasteiger partial charge in [-0.25, -0.2) is 8.78 Å². The summed E-state index contributed by atoms with van der Waals surface area (Å²) in [7, 11) is 0. The van der Waals surface area contributed by atoms with Crippen LogP contribution in [0.2, 0.25) is 0 Å². The summed E-state index contributed by atoms with van der Waals surface area (Å²) in [5, 5.41) is 0. The molecule has 0 aliphatic rings. The Balaban J connectivity index is 2.64. The van der Waals surface area contributed by atoms with Gasteiger partial charge in [-0.15, -0.1) is 0 Å². The molecule has 1 heterocycles. The van der Waals surface area contributed by atoms with Gasteiger partial charge in [-0.05, 0) is 37.6 Å². The Labute approximate surface area is 92.8 Å². The van der Waals surface area contributed by atoms with E-state index in [0.29, 0.717) is 16.8 Å². The van der Waals surface area contributed by atoms with Crippen LogP contribution in [0.3, 0.4) is 0 Å². The molecule has 2 aromatic rings. The van der Waals surface area contributed by atoms with Gasteiger partial charge in [0.15, 0.2) is 0 Å². The molecule has 0 amide bonds. The van der Waals surface area contributed by atoms with Gasteiger partial charge >= 0.3 is 0 Å². The average Bonchev–Trinajstić information content (AvgIpc) is 2.15. The molecule has 0 unspecified atom stereocenters. The van der Waals surface area contributed by atoms with Crippen LogP contribution in [0.15, 0.2) is 30.3 Å². The van der Waals surface area contributed by atoms with Crippen molar-refractivity contribution in [2.24, 2.45) is 0 Å². The third-order valence-corrected chi connectivity index (χ3v) is 2.40. The van der Waals surface area contributed by atoms with E-state index in [2.05, 4.69) is 4.98 Å². The standard InChI is InChI=1S/C13H11F2N/c1-8-6-10(14)7-11(15)13(8)12-5-3-4-9(2)16-12/h3-7H,1-2H3. The average molecular weight is 219 g/mol. The number of halogens is 2. The highest BCUT2D eigenvalue weighted by Crippen LogP contribution is 2.25. The molecule has 0 bridgehead atoms. The van der Waals surface area contributed by atoms with Crippen molar-refractivity contribution in [2.45, 2.75) is 13.8 Å². The van der Waals surface area contributed by atoms with E-state index in [0.717, 1.165) is 11.8 Å². The SMILES string of the molecule is Cc1cccc(-c2c(C)cc(F)cc2F)n1. The zero-order chi connectivity index (χ0) is 11.7. The fourth-order valence-corrected chi connectivity index (χ4v) is 1.71. The van der Waals surface area contributed by atoms with Crippen LogP contribution < -0.4 is 0 Å². The first kappa shape index (κ1) is 10.7. The molecule has 0 atom stereocenters. The van der Waals surface area contributed by atoms with E-state index in [1.165, 1.54) is 6.07 Å². The van der Waals surface area contributed by atoms with E-state index in [-0.39, 0.29) is 0 Å². The molecule has 0 aliphatic heterocycles. The van der Waals surface area contributed by atoms with E-state index in [4.69, 9.17) is 0 Å². The summed E-state index contributed by atoms with van der Waals surface area (Å²) >= 11 is 0. The van der Waals surface area contributed by atoms with Gasteiger partial charge in [-0.2, -0.15) is 0 Å². The Morgan fingerprint density at radius 1 is 1.06 bits per heavy atom. The number of hydrogen-bond donors (Lipinski definition) is 0. The van der Waals surface area contributed by atoms with Crippen LogP contribution in [0.5, 0.6) is 0 Å². The third-order valence-electron chi connectivity index (χ3n) is 2.40. The van der Waals surface area contributed by atoms with Gasteiger partial charge in [0.05, 0.1) is 5.69 Å². The minimum Gasteiger partial charge on any atom is -0.253 e. The molecular formula is C13H11F2N. The summed E-state index contributed by atoms with van der Waals surface area (Å²) in [6.45, 7) is 3.51. The van der Waals surface area contributed by atoms with Crippen LogP contribution in [0, 0.1) is 25.5 Å². The van der Waals surface area contributed by atoms with Crippen molar-refractivity contribution in [1.29, 1.82) is 0 Å². The lowest BCUT2D eigenvalue weighted by atomic mass is 10.0. The topological polar surface area (TPSA) is 12.9 Å². The lowest BCUT2D eigenvalue weighted by Crippen LogP contribution is -1.94. The molecule has 2 rings (SSSR count). The van der Waals surface area contributed by atoms with Gasteiger partial charge < -0.3 is 0 Å². The highest BCUT2D eigenvalue weighted by molar-refractivity contribution is 5.64. The predicted octanol–water partition coefficient (Wildman–Crippen LogP) is 3.64. The van der Waals surface area contributed by atoms with Gasteiger partial charge in [-0.3, -0.25) is 4.98 Å². The van der Waals surface area contributed by atoms with Gasteiger partial charge in [0.1, 0.15) is 11.6 Å². The minimum absolute atomic E-state index is 0.366. The van der Waals surface area contributed by atoms with Crippen molar-refractivity contribution in [3.8, 4) is 11.3 Å². The summed E-state index contributed by atoms with van der Waals surface area (Å²) in [5.41, 5.74) is 2.26. The third kappa shape index (κ3) is 1.94. The van der Waals surface area contributed by atoms with Gasteiger partial charge in [0, 0.05) is 17.3 Å². The zero-order valence-electron chi connectivity index (χ0n) is 9.09. The van der Waals surface area contributed by atoms with Crippen molar-refractivity contribution >= 4 is 0 Å². The van der Waals surface area contributed by atoms with E-state index in [1.807, 2.05) is 13.0 Å². The normalized spacial score (nSPS) is 10.5. The first-order valence-electron chi connectivity index (χ1n) is 4.97. The molecule has 1 aromatic heterocycles. The Bertz CT molecular complexity index is 512. The molecule has 0 radical (unpaired) electrons. The highest BCUT2D eigenvalue weighted by Gasteiger charge is 2.11. The van der Waals surface area contributed by atoms with Crippen LogP contribution in [0.1, 0.15) is 11.3 Å². The van der Waals surface area contributed by atoms with Gasteiger partial charge in [0.2, 0.25) is 0 Å². The maximum atomic E-state index is 13.6. The van der Waals surface area contributed by atoms with E-state index in [9.17, 15) is 8.78 Å². The molecule has 0 N–H and O–H groups in total. The minimum atomic E-state index is -0.574. The van der Waals surface area contributed by atoms with Crippen LogP contribution in [0.25, 0.3) is 11.3 Å². The Hall–Kier alpha value is -1.77. The molecule has 3 heteroatoms. The lowest BCUT2D eigenvalue weighted by molar-refractivity contribution is 0.583. The maximum Gasteiger partial charge on any atom is 0.135 e. The second kappa shape index (κ2) is 4.00. The number of aryl methyl sites for hydroxylation is 2. The molecule has 0 spiro atoms. The first-order chi connectivity index (χ1) is 7.58. The van der Waals surface area contributed by atoms with Crippen molar-refractivity contribution < 1.29 is 8.78 Å². The summed E-state index contributed by atoms with van der Waals surface area (Å²) in [5.74, 6) is -1.14. The monoisotopic (exact) mass is 219 g/mol. The fraction of sp³-hybridized carbons (Fsp3) is 0.154. The Morgan fingerprint density at radius 2 is 1.81 bits per heavy atom. The summed E-state index contributed by atoms with van der Waals surface area (Å²) in [4.78, 5) is 4.23. The van der Waals surface area contributed by atoms with Crippen LogP contribution in [-0.4, -0.2) is 4.98 Å². The van der Waals surface area contributed by atoms with Crippen LogP contribution in [-0.2, 0) is 0 Å². The molecule has 1 nitrogen and oxygen atoms in total. The molecule has 82 valence electrons. The molecule has 0 aliphatic carbocycles. The van der Waals surface area contributed by atoms with Gasteiger partial charge in [0.25, 0.3) is 0 Å². The summed E-state index contributed by atoms with van der Waals surface area (Å²) in [6.07, 6.45) is 0. The number of nitrogens with zero attached hydrogens (tertiary/aromatic N) is 1. The van der Waals surface area contributed by atoms with E-state index < -0.39 is 11.6 Å². The molecule has 1 aromatic carbocycles. The van der Waals surface area contributed by atoms with Crippen molar-refractivity contribution in [3.63, 3.8) is 0 Å². The van der Waals surface area contributed by atoms with Crippen LogP contribution >= 0.6 is 0 Å². The largest absolute Gasteiger partial charge is 0.253 e. The van der Waals surface area contributed by atoms with Crippen molar-refractivity contribution in [1.82, 2.24) is 4.98 Å². The van der Waals surface area contributed by atoms with Crippen molar-refractivity contribution in [2.75, 3.05) is 0 Å².